The lowest BCUT2D eigenvalue weighted by Crippen LogP contribution is -2.03. The number of phenols is 2. The number of esters is 1. The third kappa shape index (κ3) is 4.01. The number of hydrogen-bond donors (Lipinski definition) is 2. The third-order valence-electron chi connectivity index (χ3n) is 2.67. The molecule has 0 aliphatic heterocycles. The van der Waals surface area contributed by atoms with Gasteiger partial charge in [0.1, 0.15) is 11.5 Å². The third-order valence-corrected chi connectivity index (χ3v) is 2.67. The van der Waals surface area contributed by atoms with Gasteiger partial charge in [0.2, 0.25) is 0 Å². The molecule has 0 radical (unpaired) electrons. The lowest BCUT2D eigenvalue weighted by atomic mass is 10.2. The Morgan fingerprint density at radius 2 is 1.81 bits per heavy atom. The molecule has 0 aliphatic carbocycles. The van der Waals surface area contributed by atoms with Crippen LogP contribution < -0.4 is 9.47 Å². The van der Waals surface area contributed by atoms with Crippen LogP contribution in [0.3, 0.4) is 0 Å². The number of aromatic hydroxyl groups is 2. The zero-order valence-corrected chi connectivity index (χ0v) is 11.3. The van der Waals surface area contributed by atoms with Crippen molar-refractivity contribution in [1.29, 1.82) is 0 Å². The quantitative estimate of drug-likeness (QED) is 0.513. The van der Waals surface area contributed by atoms with E-state index in [0.717, 1.165) is 0 Å². The van der Waals surface area contributed by atoms with E-state index in [9.17, 15) is 9.90 Å². The Hall–Kier alpha value is -2.95. The van der Waals surface area contributed by atoms with E-state index in [1.54, 1.807) is 18.2 Å². The number of phenolic OH excluding ortho intramolecular Hbond substituents is 2. The molecule has 5 heteroatoms. The van der Waals surface area contributed by atoms with Crippen LogP contribution in [0.25, 0.3) is 6.08 Å². The van der Waals surface area contributed by atoms with Crippen LogP contribution in [0.1, 0.15) is 5.56 Å². The minimum Gasteiger partial charge on any atom is -0.508 e. The van der Waals surface area contributed by atoms with Gasteiger partial charge in [-0.05, 0) is 48.0 Å². The molecule has 0 saturated carbocycles. The first-order valence-electron chi connectivity index (χ1n) is 6.14. The predicted molar refractivity (Wildman–Crippen MR) is 77.4 cm³/mol. The van der Waals surface area contributed by atoms with E-state index in [4.69, 9.17) is 14.6 Å². The molecule has 0 amide bonds. The summed E-state index contributed by atoms with van der Waals surface area (Å²) in [6.45, 7) is 0. The van der Waals surface area contributed by atoms with Gasteiger partial charge in [-0.25, -0.2) is 4.79 Å². The Morgan fingerprint density at radius 1 is 1.10 bits per heavy atom. The first kappa shape index (κ1) is 14.5. The predicted octanol–water partition coefficient (Wildman–Crippen LogP) is 2.73. The molecule has 0 bridgehead atoms. The number of ether oxygens (including phenoxy) is 2. The van der Waals surface area contributed by atoms with Gasteiger partial charge in [0.25, 0.3) is 0 Å². The van der Waals surface area contributed by atoms with Crippen molar-refractivity contribution < 1.29 is 24.5 Å². The molecular formula is C16H14O5. The van der Waals surface area contributed by atoms with Gasteiger partial charge in [0.15, 0.2) is 11.5 Å². The molecule has 0 aromatic heterocycles. The molecule has 0 heterocycles. The van der Waals surface area contributed by atoms with E-state index in [2.05, 4.69) is 0 Å². The van der Waals surface area contributed by atoms with Crippen molar-refractivity contribution in [2.45, 2.75) is 0 Å². The zero-order valence-electron chi connectivity index (χ0n) is 11.3. The van der Waals surface area contributed by atoms with E-state index < -0.39 is 5.97 Å². The zero-order chi connectivity index (χ0) is 15.2. The van der Waals surface area contributed by atoms with Crippen molar-refractivity contribution in [3.8, 4) is 23.0 Å². The molecule has 108 valence electrons. The van der Waals surface area contributed by atoms with Gasteiger partial charge < -0.3 is 19.7 Å². The fourth-order valence-corrected chi connectivity index (χ4v) is 1.63. The molecule has 2 N–H and O–H groups in total. The van der Waals surface area contributed by atoms with Gasteiger partial charge >= 0.3 is 5.97 Å². The number of hydrogen-bond acceptors (Lipinski definition) is 5. The Labute approximate surface area is 121 Å². The van der Waals surface area contributed by atoms with Crippen LogP contribution in [0, 0.1) is 0 Å². The number of carbonyl (C=O) groups is 1. The van der Waals surface area contributed by atoms with E-state index in [-0.39, 0.29) is 11.5 Å². The molecule has 2 aromatic rings. The second kappa shape index (κ2) is 6.47. The first-order valence-corrected chi connectivity index (χ1v) is 6.14. The standard InChI is InChI=1S/C16H14O5/c1-20-15-10-11(2-8-14(15)18)3-9-16(19)21-13-6-4-12(17)5-7-13/h2-10,17-18H,1H3. The van der Waals surface area contributed by atoms with Gasteiger partial charge in [-0.3, -0.25) is 0 Å². The monoisotopic (exact) mass is 286 g/mol. The van der Waals surface area contributed by atoms with Gasteiger partial charge in [0, 0.05) is 6.08 Å². The first-order chi connectivity index (χ1) is 10.1. The minimum atomic E-state index is -0.548. The minimum absolute atomic E-state index is 0.0290. The molecule has 0 spiro atoms. The highest BCUT2D eigenvalue weighted by atomic mass is 16.5. The van der Waals surface area contributed by atoms with Crippen molar-refractivity contribution in [3.63, 3.8) is 0 Å². The molecule has 21 heavy (non-hydrogen) atoms. The van der Waals surface area contributed by atoms with Gasteiger partial charge in [0.05, 0.1) is 7.11 Å². The van der Waals surface area contributed by atoms with Crippen LogP contribution in [-0.4, -0.2) is 23.3 Å². The number of benzene rings is 2. The molecule has 0 aliphatic rings. The Morgan fingerprint density at radius 3 is 2.48 bits per heavy atom. The summed E-state index contributed by atoms with van der Waals surface area (Å²) in [5.74, 6) is 0.241. The summed E-state index contributed by atoms with van der Waals surface area (Å²) in [7, 11) is 1.45. The van der Waals surface area contributed by atoms with Crippen molar-refractivity contribution >= 4 is 12.0 Å². The van der Waals surface area contributed by atoms with E-state index in [1.165, 1.54) is 43.5 Å². The van der Waals surface area contributed by atoms with E-state index in [0.29, 0.717) is 17.1 Å². The van der Waals surface area contributed by atoms with Crippen molar-refractivity contribution in [3.05, 3.63) is 54.1 Å². The summed E-state index contributed by atoms with van der Waals surface area (Å²) >= 11 is 0. The molecule has 2 rings (SSSR count). The average Bonchev–Trinajstić information content (AvgIpc) is 2.49. The maximum atomic E-state index is 11.6. The number of carbonyl (C=O) groups excluding carboxylic acids is 1. The Balaban J connectivity index is 2.03. The summed E-state index contributed by atoms with van der Waals surface area (Å²) in [5, 5.41) is 18.6. The molecule has 0 fully saturated rings. The smallest absolute Gasteiger partial charge is 0.336 e. The highest BCUT2D eigenvalue weighted by Crippen LogP contribution is 2.26. The largest absolute Gasteiger partial charge is 0.508 e. The van der Waals surface area contributed by atoms with Crippen LogP contribution in [0.5, 0.6) is 23.0 Å². The topological polar surface area (TPSA) is 76.0 Å². The number of rotatable bonds is 4. The van der Waals surface area contributed by atoms with Gasteiger partial charge in [-0.15, -0.1) is 0 Å². The van der Waals surface area contributed by atoms with Crippen LogP contribution in [0.15, 0.2) is 48.5 Å². The second-order valence-electron chi connectivity index (χ2n) is 4.18. The second-order valence-corrected chi connectivity index (χ2v) is 4.18. The Bertz CT molecular complexity index is 659. The highest BCUT2D eigenvalue weighted by Gasteiger charge is 2.03. The molecular weight excluding hydrogens is 272 g/mol. The van der Waals surface area contributed by atoms with E-state index >= 15 is 0 Å². The SMILES string of the molecule is COc1cc(C=CC(=O)Oc2ccc(O)cc2)ccc1O. The van der Waals surface area contributed by atoms with Crippen molar-refractivity contribution in [2.24, 2.45) is 0 Å². The summed E-state index contributed by atoms with van der Waals surface area (Å²) in [6.07, 6.45) is 2.81. The molecule has 0 unspecified atom stereocenters. The molecule has 0 saturated heterocycles. The summed E-state index contributed by atoms with van der Waals surface area (Å²) < 4.78 is 10.0. The lowest BCUT2D eigenvalue weighted by molar-refractivity contribution is -0.128. The maximum absolute atomic E-state index is 11.6. The molecule has 0 atom stereocenters. The summed E-state index contributed by atoms with van der Waals surface area (Å²) in [4.78, 5) is 11.6. The maximum Gasteiger partial charge on any atom is 0.336 e. The highest BCUT2D eigenvalue weighted by molar-refractivity contribution is 5.88. The van der Waals surface area contributed by atoms with Crippen LogP contribution in [0.4, 0.5) is 0 Å². The normalized spacial score (nSPS) is 10.5. The van der Waals surface area contributed by atoms with Gasteiger partial charge in [-0.2, -0.15) is 0 Å². The Kier molecular flexibility index (Phi) is 4.46. The fourth-order valence-electron chi connectivity index (χ4n) is 1.63. The van der Waals surface area contributed by atoms with E-state index in [1.807, 2.05) is 0 Å². The summed E-state index contributed by atoms with van der Waals surface area (Å²) in [6, 6.07) is 10.6. The van der Waals surface area contributed by atoms with Crippen LogP contribution >= 0.6 is 0 Å². The van der Waals surface area contributed by atoms with Crippen LogP contribution in [-0.2, 0) is 4.79 Å². The lowest BCUT2D eigenvalue weighted by Gasteiger charge is -2.04. The number of methoxy groups -OCH3 is 1. The van der Waals surface area contributed by atoms with Crippen molar-refractivity contribution in [2.75, 3.05) is 7.11 Å². The van der Waals surface area contributed by atoms with Gasteiger partial charge in [-0.1, -0.05) is 6.07 Å². The van der Waals surface area contributed by atoms with Crippen molar-refractivity contribution in [1.82, 2.24) is 0 Å². The van der Waals surface area contributed by atoms with Crippen LogP contribution in [0.2, 0.25) is 0 Å². The fraction of sp³-hybridized carbons (Fsp3) is 0.0625. The molecule has 5 nitrogen and oxygen atoms in total. The summed E-state index contributed by atoms with van der Waals surface area (Å²) in [5.41, 5.74) is 0.687. The molecule has 2 aromatic carbocycles. The average molecular weight is 286 g/mol.